The first kappa shape index (κ1) is 53.4. The molecule has 0 saturated carbocycles. The zero-order chi connectivity index (χ0) is 41.6. The molecule has 1 heterocycles. The lowest BCUT2D eigenvalue weighted by molar-refractivity contribution is -0.302. The molecule has 0 aromatic heterocycles. The van der Waals surface area contributed by atoms with Gasteiger partial charge < -0.3 is 40.3 Å². The first-order valence-electron chi connectivity index (χ1n) is 23.7. The van der Waals surface area contributed by atoms with Crippen molar-refractivity contribution < 1.29 is 39.8 Å². The lowest BCUT2D eigenvalue weighted by Crippen LogP contribution is -2.60. The highest BCUT2D eigenvalue weighted by Crippen LogP contribution is 2.22. The molecule has 334 valence electrons. The monoisotopic (exact) mass is 808 g/mol. The lowest BCUT2D eigenvalue weighted by Gasteiger charge is -2.40. The van der Waals surface area contributed by atoms with Crippen molar-refractivity contribution in [2.45, 2.75) is 249 Å². The van der Waals surface area contributed by atoms with Crippen LogP contribution in [-0.4, -0.2) is 87.5 Å². The van der Waals surface area contributed by atoms with Crippen LogP contribution in [0, 0.1) is 0 Å². The maximum Gasteiger partial charge on any atom is 0.220 e. The Morgan fingerprint density at radius 3 is 1.47 bits per heavy atom. The predicted molar refractivity (Wildman–Crippen MR) is 235 cm³/mol. The summed E-state index contributed by atoms with van der Waals surface area (Å²) in [5.74, 6) is -0.190. The van der Waals surface area contributed by atoms with E-state index in [4.69, 9.17) is 9.47 Å². The molecule has 1 aliphatic heterocycles. The van der Waals surface area contributed by atoms with Crippen molar-refractivity contribution in [3.63, 3.8) is 0 Å². The molecule has 9 nitrogen and oxygen atoms in total. The number of nitrogens with one attached hydrogen (secondary N) is 1. The van der Waals surface area contributed by atoms with Gasteiger partial charge in [-0.2, -0.15) is 0 Å². The van der Waals surface area contributed by atoms with E-state index in [0.717, 1.165) is 51.4 Å². The Hall–Kier alpha value is -1.59. The van der Waals surface area contributed by atoms with Crippen LogP contribution in [0.15, 0.2) is 36.5 Å². The summed E-state index contributed by atoms with van der Waals surface area (Å²) in [6.07, 6.45) is 40.5. The molecule has 0 spiro atoms. The van der Waals surface area contributed by atoms with Crippen LogP contribution in [0.25, 0.3) is 0 Å². The Morgan fingerprint density at radius 1 is 0.579 bits per heavy atom. The van der Waals surface area contributed by atoms with Crippen LogP contribution in [0.2, 0.25) is 0 Å². The molecule has 57 heavy (non-hydrogen) atoms. The Bertz CT molecular complexity index is 987. The number of amides is 1. The Morgan fingerprint density at radius 2 is 1.00 bits per heavy atom. The number of carbonyl (C=O) groups excluding carboxylic acids is 1. The van der Waals surface area contributed by atoms with E-state index < -0.39 is 49.5 Å². The van der Waals surface area contributed by atoms with Gasteiger partial charge in [-0.25, -0.2) is 0 Å². The molecule has 0 aliphatic carbocycles. The average Bonchev–Trinajstić information content (AvgIpc) is 3.21. The molecule has 1 fully saturated rings. The molecule has 1 rings (SSSR count). The Labute approximate surface area is 349 Å². The van der Waals surface area contributed by atoms with E-state index in [9.17, 15) is 30.3 Å². The highest BCUT2D eigenvalue weighted by atomic mass is 16.7. The molecular formula is C48H89NO8. The summed E-state index contributed by atoms with van der Waals surface area (Å²) >= 11 is 0. The van der Waals surface area contributed by atoms with Gasteiger partial charge in [0.2, 0.25) is 5.91 Å². The van der Waals surface area contributed by atoms with Crippen LogP contribution in [0.3, 0.4) is 0 Å². The van der Waals surface area contributed by atoms with Gasteiger partial charge in [0, 0.05) is 6.42 Å². The van der Waals surface area contributed by atoms with Gasteiger partial charge in [0.1, 0.15) is 24.4 Å². The van der Waals surface area contributed by atoms with E-state index in [1.54, 1.807) is 6.08 Å². The van der Waals surface area contributed by atoms with Gasteiger partial charge in [-0.1, -0.05) is 192 Å². The standard InChI is InChI=1S/C48H89NO8/c1-3-5-7-9-11-13-15-17-19-20-21-22-24-26-28-30-32-34-36-38-44(52)49-41(40-56-48-47(55)46(54)45(53)43(39-50)57-48)42(51)37-35-33-31-29-27-25-23-18-16-14-12-10-8-6-4-2/h16,18,27,29,35,37,41-43,45-48,50-51,53-55H,3-15,17,19-26,28,30-34,36,38-40H2,1-2H3,(H,49,52)/b18-16+,29-27+,37-35+. The number of allylic oxidation sites excluding steroid dienone is 5. The molecule has 0 radical (unpaired) electrons. The summed E-state index contributed by atoms with van der Waals surface area (Å²) in [4.78, 5) is 13.0. The van der Waals surface area contributed by atoms with Crippen molar-refractivity contribution in [2.24, 2.45) is 0 Å². The minimum Gasteiger partial charge on any atom is -0.394 e. The largest absolute Gasteiger partial charge is 0.394 e. The normalized spacial score (nSPS) is 21.3. The van der Waals surface area contributed by atoms with Crippen LogP contribution in [-0.2, 0) is 14.3 Å². The predicted octanol–water partition coefficient (Wildman–Crippen LogP) is 10.1. The zero-order valence-corrected chi connectivity index (χ0v) is 36.6. The highest BCUT2D eigenvalue weighted by Gasteiger charge is 2.44. The molecule has 9 heteroatoms. The van der Waals surface area contributed by atoms with Crippen LogP contribution in [0.5, 0.6) is 0 Å². The van der Waals surface area contributed by atoms with E-state index in [-0.39, 0.29) is 12.5 Å². The van der Waals surface area contributed by atoms with E-state index in [1.165, 1.54) is 135 Å². The SMILES string of the molecule is CCCCCCC/C=C/CC/C=C/CC/C=C/C(O)C(COC1OC(CO)C(O)C(O)C1O)NC(=O)CCCCCCCCCCCCCCCCCCCCC. The van der Waals surface area contributed by atoms with Crippen molar-refractivity contribution in [2.75, 3.05) is 13.2 Å². The minimum absolute atomic E-state index is 0.190. The molecule has 7 unspecified atom stereocenters. The van der Waals surface area contributed by atoms with Crippen molar-refractivity contribution in [1.82, 2.24) is 5.32 Å². The molecule has 1 saturated heterocycles. The molecular weight excluding hydrogens is 719 g/mol. The zero-order valence-electron chi connectivity index (χ0n) is 36.6. The molecule has 0 bridgehead atoms. The van der Waals surface area contributed by atoms with Gasteiger partial charge in [-0.3, -0.25) is 4.79 Å². The van der Waals surface area contributed by atoms with E-state index in [2.05, 4.69) is 43.5 Å². The minimum atomic E-state index is -1.57. The summed E-state index contributed by atoms with van der Waals surface area (Å²) in [5.41, 5.74) is 0. The summed E-state index contributed by atoms with van der Waals surface area (Å²) in [6, 6.07) is -0.824. The molecule has 0 aromatic carbocycles. The van der Waals surface area contributed by atoms with Gasteiger partial charge >= 0.3 is 0 Å². The fourth-order valence-corrected chi connectivity index (χ4v) is 7.36. The number of hydrogen-bond donors (Lipinski definition) is 6. The summed E-state index contributed by atoms with van der Waals surface area (Å²) in [5, 5.41) is 54.2. The first-order valence-corrected chi connectivity index (χ1v) is 23.7. The number of aliphatic hydroxyl groups is 5. The van der Waals surface area contributed by atoms with E-state index >= 15 is 0 Å². The van der Waals surface area contributed by atoms with Gasteiger partial charge in [0.15, 0.2) is 6.29 Å². The van der Waals surface area contributed by atoms with Gasteiger partial charge in [-0.15, -0.1) is 0 Å². The maximum absolute atomic E-state index is 13.0. The Balaban J connectivity index is 2.35. The average molecular weight is 808 g/mol. The quantitative estimate of drug-likeness (QED) is 0.0266. The van der Waals surface area contributed by atoms with Gasteiger partial charge in [0.25, 0.3) is 0 Å². The van der Waals surface area contributed by atoms with Crippen molar-refractivity contribution in [3.8, 4) is 0 Å². The fraction of sp³-hybridized carbons (Fsp3) is 0.854. The molecule has 6 N–H and O–H groups in total. The van der Waals surface area contributed by atoms with Crippen molar-refractivity contribution in [1.29, 1.82) is 0 Å². The van der Waals surface area contributed by atoms with Crippen LogP contribution in [0.4, 0.5) is 0 Å². The second-order valence-corrected chi connectivity index (χ2v) is 16.5. The second kappa shape index (κ2) is 38.6. The van der Waals surface area contributed by atoms with E-state index in [0.29, 0.717) is 6.42 Å². The number of aliphatic hydroxyl groups excluding tert-OH is 5. The third kappa shape index (κ3) is 29.3. The van der Waals surface area contributed by atoms with Gasteiger partial charge in [-0.05, 0) is 44.9 Å². The number of carbonyl (C=O) groups is 1. The third-order valence-corrected chi connectivity index (χ3v) is 11.2. The molecule has 0 aromatic rings. The summed E-state index contributed by atoms with van der Waals surface area (Å²) in [6.45, 7) is 3.74. The first-order chi connectivity index (χ1) is 27.8. The van der Waals surface area contributed by atoms with Crippen molar-refractivity contribution >= 4 is 5.91 Å². The molecule has 1 amide bonds. The number of hydrogen-bond acceptors (Lipinski definition) is 8. The summed E-state index contributed by atoms with van der Waals surface area (Å²) < 4.78 is 11.2. The van der Waals surface area contributed by atoms with E-state index in [1.807, 2.05) is 6.08 Å². The second-order valence-electron chi connectivity index (χ2n) is 16.5. The number of unbranched alkanes of at least 4 members (excludes halogenated alkanes) is 25. The van der Waals surface area contributed by atoms with Crippen LogP contribution < -0.4 is 5.32 Å². The van der Waals surface area contributed by atoms with Gasteiger partial charge in [0.05, 0.1) is 25.4 Å². The lowest BCUT2D eigenvalue weighted by atomic mass is 9.99. The Kier molecular flexibility index (Phi) is 36.2. The fourth-order valence-electron chi connectivity index (χ4n) is 7.36. The summed E-state index contributed by atoms with van der Waals surface area (Å²) in [7, 11) is 0. The highest BCUT2D eigenvalue weighted by molar-refractivity contribution is 5.76. The third-order valence-electron chi connectivity index (χ3n) is 11.2. The van der Waals surface area contributed by atoms with Crippen LogP contribution >= 0.6 is 0 Å². The maximum atomic E-state index is 13.0. The topological polar surface area (TPSA) is 149 Å². The number of ether oxygens (including phenoxy) is 2. The smallest absolute Gasteiger partial charge is 0.220 e. The van der Waals surface area contributed by atoms with Crippen molar-refractivity contribution in [3.05, 3.63) is 36.5 Å². The molecule has 7 atom stereocenters. The van der Waals surface area contributed by atoms with Crippen LogP contribution in [0.1, 0.15) is 206 Å². The molecule has 1 aliphatic rings. The number of rotatable bonds is 39.